The maximum Gasteiger partial charge on any atom is 0.165 e. The third-order valence-electron chi connectivity index (χ3n) is 3.52. The van der Waals surface area contributed by atoms with Crippen molar-refractivity contribution in [3.8, 4) is 11.5 Å². The summed E-state index contributed by atoms with van der Waals surface area (Å²) < 4.78 is 12.0. The van der Waals surface area contributed by atoms with Crippen LogP contribution in [0.25, 0.3) is 0 Å². The number of benzene rings is 1. The van der Waals surface area contributed by atoms with E-state index < -0.39 is 0 Å². The fourth-order valence-electron chi connectivity index (χ4n) is 2.01. The lowest BCUT2D eigenvalue weighted by Crippen LogP contribution is -2.45. The second-order valence-corrected chi connectivity index (χ2v) is 5.03. The first-order valence-electron chi connectivity index (χ1n) is 6.06. The molecule has 0 saturated carbocycles. The van der Waals surface area contributed by atoms with Crippen LogP contribution < -0.4 is 9.47 Å². The zero-order valence-electron chi connectivity index (χ0n) is 11.3. The third-order valence-corrected chi connectivity index (χ3v) is 3.52. The van der Waals surface area contributed by atoms with Crippen molar-refractivity contribution in [2.75, 3.05) is 20.7 Å². The summed E-state index contributed by atoms with van der Waals surface area (Å²) in [7, 11) is 4.12. The Balaban J connectivity index is 2.27. The molecule has 2 atom stereocenters. The minimum Gasteiger partial charge on any atom is -0.485 e. The topological polar surface area (TPSA) is 21.7 Å². The highest BCUT2D eigenvalue weighted by Gasteiger charge is 2.29. The standard InChI is InChI=1S/C14H21NO2/c1-9-6-7-10(2)14-13(9)16-8-12(17-14)11(3)15(4)5/h6-7,11-12H,8H2,1-5H3/t11-,12-/m1/s1. The number of rotatable bonds is 2. The van der Waals surface area contributed by atoms with Gasteiger partial charge in [0.1, 0.15) is 12.7 Å². The smallest absolute Gasteiger partial charge is 0.165 e. The summed E-state index contributed by atoms with van der Waals surface area (Å²) in [5, 5.41) is 0. The van der Waals surface area contributed by atoms with Crippen LogP contribution in [0.15, 0.2) is 12.1 Å². The van der Waals surface area contributed by atoms with E-state index in [2.05, 4.69) is 51.9 Å². The van der Waals surface area contributed by atoms with Gasteiger partial charge in [0.05, 0.1) is 0 Å². The van der Waals surface area contributed by atoms with Gasteiger partial charge in [-0.1, -0.05) is 12.1 Å². The van der Waals surface area contributed by atoms with Gasteiger partial charge in [0.15, 0.2) is 11.5 Å². The van der Waals surface area contributed by atoms with Crippen LogP contribution in [0.2, 0.25) is 0 Å². The molecule has 0 radical (unpaired) electrons. The molecule has 1 aliphatic rings. The zero-order valence-corrected chi connectivity index (χ0v) is 11.3. The molecule has 0 aliphatic carbocycles. The lowest BCUT2D eigenvalue weighted by atomic mass is 10.1. The van der Waals surface area contributed by atoms with Crippen molar-refractivity contribution in [3.63, 3.8) is 0 Å². The lowest BCUT2D eigenvalue weighted by Gasteiger charge is -2.34. The maximum atomic E-state index is 6.10. The Morgan fingerprint density at radius 2 is 1.76 bits per heavy atom. The second-order valence-electron chi connectivity index (χ2n) is 5.03. The highest BCUT2D eigenvalue weighted by molar-refractivity contribution is 5.52. The number of aryl methyl sites for hydroxylation is 2. The van der Waals surface area contributed by atoms with E-state index in [0.717, 1.165) is 22.6 Å². The van der Waals surface area contributed by atoms with Crippen LogP contribution in [-0.4, -0.2) is 37.7 Å². The van der Waals surface area contributed by atoms with E-state index in [-0.39, 0.29) is 6.10 Å². The first kappa shape index (κ1) is 12.2. The molecule has 1 aromatic carbocycles. The summed E-state index contributed by atoms with van der Waals surface area (Å²) in [6.45, 7) is 6.89. The molecular formula is C14H21NO2. The SMILES string of the molecule is Cc1ccc(C)c2c1OC[C@H]([C@@H](C)N(C)C)O2. The molecule has 0 fully saturated rings. The number of fused-ring (bicyclic) bond motifs is 1. The van der Waals surface area contributed by atoms with E-state index in [4.69, 9.17) is 9.47 Å². The highest BCUT2D eigenvalue weighted by Crippen LogP contribution is 2.38. The molecule has 3 nitrogen and oxygen atoms in total. The number of ether oxygens (including phenoxy) is 2. The molecule has 0 unspecified atom stereocenters. The van der Waals surface area contributed by atoms with Crippen molar-refractivity contribution in [2.24, 2.45) is 0 Å². The summed E-state index contributed by atoms with van der Waals surface area (Å²) in [6.07, 6.45) is 0.0954. The lowest BCUT2D eigenvalue weighted by molar-refractivity contribution is 0.0360. The van der Waals surface area contributed by atoms with E-state index in [1.165, 1.54) is 0 Å². The quantitative estimate of drug-likeness (QED) is 0.785. The van der Waals surface area contributed by atoms with Crippen molar-refractivity contribution in [3.05, 3.63) is 23.3 Å². The van der Waals surface area contributed by atoms with Gasteiger partial charge in [0, 0.05) is 6.04 Å². The molecule has 94 valence electrons. The fourth-order valence-corrected chi connectivity index (χ4v) is 2.01. The summed E-state index contributed by atoms with van der Waals surface area (Å²) in [4.78, 5) is 2.16. The Morgan fingerprint density at radius 3 is 2.35 bits per heavy atom. The zero-order chi connectivity index (χ0) is 12.6. The summed E-state index contributed by atoms with van der Waals surface area (Å²) in [5.74, 6) is 1.82. The van der Waals surface area contributed by atoms with Crippen LogP contribution in [0.4, 0.5) is 0 Å². The van der Waals surface area contributed by atoms with Crippen LogP contribution in [-0.2, 0) is 0 Å². The second kappa shape index (κ2) is 4.57. The predicted molar refractivity (Wildman–Crippen MR) is 69.0 cm³/mol. The molecule has 2 rings (SSSR count). The molecule has 0 spiro atoms. The molecule has 0 N–H and O–H groups in total. The van der Waals surface area contributed by atoms with Crippen LogP contribution in [0.1, 0.15) is 18.1 Å². The summed E-state index contributed by atoms with van der Waals surface area (Å²) in [5.41, 5.74) is 2.28. The fraction of sp³-hybridized carbons (Fsp3) is 0.571. The average Bonchev–Trinajstić information content (AvgIpc) is 2.32. The number of hydrogen-bond acceptors (Lipinski definition) is 3. The van der Waals surface area contributed by atoms with Gasteiger partial charge >= 0.3 is 0 Å². The molecule has 3 heteroatoms. The van der Waals surface area contributed by atoms with Gasteiger partial charge in [0.2, 0.25) is 0 Å². The molecular weight excluding hydrogens is 214 g/mol. The molecule has 17 heavy (non-hydrogen) atoms. The van der Waals surface area contributed by atoms with Crippen molar-refractivity contribution < 1.29 is 9.47 Å². The normalized spacial score (nSPS) is 20.5. The van der Waals surface area contributed by atoms with Gasteiger partial charge in [-0.05, 0) is 46.0 Å². The Bertz CT molecular complexity index is 415. The Morgan fingerprint density at radius 1 is 1.18 bits per heavy atom. The molecule has 1 aliphatic heterocycles. The molecule has 0 saturated heterocycles. The molecule has 0 aromatic heterocycles. The molecule has 0 amide bonds. The molecule has 0 bridgehead atoms. The first-order valence-corrected chi connectivity index (χ1v) is 6.06. The monoisotopic (exact) mass is 235 g/mol. The van der Waals surface area contributed by atoms with Crippen molar-refractivity contribution >= 4 is 0 Å². The molecule has 1 heterocycles. The summed E-state index contributed by atoms with van der Waals surface area (Å²) >= 11 is 0. The largest absolute Gasteiger partial charge is 0.485 e. The minimum absolute atomic E-state index is 0.0954. The first-order chi connectivity index (χ1) is 8.00. The van der Waals surface area contributed by atoms with Crippen LogP contribution in [0, 0.1) is 13.8 Å². The van der Waals surface area contributed by atoms with E-state index in [1.54, 1.807) is 0 Å². The maximum absolute atomic E-state index is 6.10. The number of hydrogen-bond donors (Lipinski definition) is 0. The molecule has 1 aromatic rings. The predicted octanol–water partition coefficient (Wildman–Crippen LogP) is 2.39. The number of nitrogens with zero attached hydrogens (tertiary/aromatic N) is 1. The van der Waals surface area contributed by atoms with Crippen LogP contribution in [0.3, 0.4) is 0 Å². The van der Waals surface area contributed by atoms with E-state index in [0.29, 0.717) is 12.6 Å². The number of likely N-dealkylation sites (N-methyl/N-ethyl adjacent to an activating group) is 1. The van der Waals surface area contributed by atoms with Crippen LogP contribution in [0.5, 0.6) is 11.5 Å². The van der Waals surface area contributed by atoms with Gasteiger partial charge in [0.25, 0.3) is 0 Å². The Hall–Kier alpha value is -1.22. The summed E-state index contributed by atoms with van der Waals surface area (Å²) in [6, 6.07) is 4.50. The van der Waals surface area contributed by atoms with Crippen LogP contribution >= 0.6 is 0 Å². The van der Waals surface area contributed by atoms with Gasteiger partial charge in [-0.2, -0.15) is 0 Å². The highest BCUT2D eigenvalue weighted by atomic mass is 16.6. The van der Waals surface area contributed by atoms with E-state index >= 15 is 0 Å². The van der Waals surface area contributed by atoms with Gasteiger partial charge < -0.3 is 14.4 Å². The van der Waals surface area contributed by atoms with Gasteiger partial charge in [-0.25, -0.2) is 0 Å². The van der Waals surface area contributed by atoms with Gasteiger partial charge in [-0.15, -0.1) is 0 Å². The third kappa shape index (κ3) is 2.25. The Kier molecular flexibility index (Phi) is 3.29. The van der Waals surface area contributed by atoms with E-state index in [1.807, 2.05) is 0 Å². The average molecular weight is 235 g/mol. The van der Waals surface area contributed by atoms with Gasteiger partial charge in [-0.3, -0.25) is 0 Å². The van der Waals surface area contributed by atoms with E-state index in [9.17, 15) is 0 Å². The minimum atomic E-state index is 0.0954. The van der Waals surface area contributed by atoms with Crippen molar-refractivity contribution in [1.29, 1.82) is 0 Å². The van der Waals surface area contributed by atoms with Crippen molar-refractivity contribution in [1.82, 2.24) is 4.90 Å². The Labute approximate surface area is 103 Å². The van der Waals surface area contributed by atoms with Crippen molar-refractivity contribution in [2.45, 2.75) is 32.9 Å².